The highest BCUT2D eigenvalue weighted by molar-refractivity contribution is 7.25. The summed E-state index contributed by atoms with van der Waals surface area (Å²) in [5.74, 6) is 0. The molecule has 4 heterocycles. The number of aromatic nitrogens is 1. The maximum atomic E-state index is 6.43. The summed E-state index contributed by atoms with van der Waals surface area (Å²) in [6, 6.07) is 53.3. The Balaban J connectivity index is 1.16. The molecule has 0 radical (unpaired) electrons. The summed E-state index contributed by atoms with van der Waals surface area (Å²) < 4.78 is 16.0. The normalized spacial score (nSPS) is 12.1. The molecule has 50 heavy (non-hydrogen) atoms. The topological polar surface area (TPSA) is 34.5 Å². The summed E-state index contributed by atoms with van der Waals surface area (Å²) in [5.41, 5.74) is 9.27. The maximum Gasteiger partial charge on any atom is 0.190 e. The van der Waals surface area contributed by atoms with Crippen LogP contribution in [-0.4, -0.2) is 4.57 Å². The van der Waals surface area contributed by atoms with Gasteiger partial charge in [0.1, 0.15) is 16.7 Å². The second-order valence-corrected chi connectivity index (χ2v) is 14.1. The highest BCUT2D eigenvalue weighted by atomic mass is 35.5. The largest absolute Gasteiger partial charge is 0.456 e. The van der Waals surface area contributed by atoms with Gasteiger partial charge in [-0.3, -0.25) is 0 Å². The highest BCUT2D eigenvalue weighted by Gasteiger charge is 2.21. The van der Waals surface area contributed by atoms with Gasteiger partial charge in [-0.1, -0.05) is 83.6 Å². The monoisotopic (exact) mass is 680 g/mol. The lowest BCUT2D eigenvalue weighted by atomic mass is 10.1. The van der Waals surface area contributed by atoms with Crippen LogP contribution in [0.2, 0.25) is 5.02 Å². The Morgan fingerprint density at radius 2 is 1.14 bits per heavy atom. The molecule has 4 aromatic heterocycles. The van der Waals surface area contributed by atoms with E-state index in [1.165, 1.54) is 16.3 Å². The fraction of sp³-hybridized carbons (Fsp3) is 0. The van der Waals surface area contributed by atoms with Crippen LogP contribution in [0.3, 0.4) is 0 Å². The number of benzene rings is 7. The summed E-state index contributed by atoms with van der Waals surface area (Å²) in [7, 11) is 0. The molecular formula is C44H25ClN2O2S. The Morgan fingerprint density at radius 1 is 0.480 bits per heavy atom. The number of para-hydroxylation sites is 3. The Kier molecular flexibility index (Phi) is 5.85. The SMILES string of the molecule is Clc1ccc2oc3sc4cc(N(c5ccc6oc7ccccc7c6c5)c5ccc6c(c5)c5ccccc5n6-c5ccccc5)ccc4c3c2c1. The van der Waals surface area contributed by atoms with Crippen molar-refractivity contribution in [2.24, 2.45) is 0 Å². The van der Waals surface area contributed by atoms with Crippen LogP contribution in [0.25, 0.3) is 80.8 Å². The van der Waals surface area contributed by atoms with Crippen molar-refractivity contribution in [3.05, 3.63) is 157 Å². The number of halogens is 1. The third-order valence-corrected chi connectivity index (χ3v) is 11.1. The van der Waals surface area contributed by atoms with Crippen molar-refractivity contribution in [3.8, 4) is 5.69 Å². The van der Waals surface area contributed by atoms with Crippen LogP contribution in [0.5, 0.6) is 0 Å². The molecule has 6 heteroatoms. The van der Waals surface area contributed by atoms with Gasteiger partial charge in [0.05, 0.1) is 11.0 Å². The first-order valence-corrected chi connectivity index (χ1v) is 17.7. The molecule has 0 aliphatic carbocycles. The molecule has 11 aromatic rings. The molecule has 0 fully saturated rings. The number of furan rings is 2. The molecule has 0 bridgehead atoms. The molecule has 0 unspecified atom stereocenters. The lowest BCUT2D eigenvalue weighted by molar-refractivity contribution is 0.669. The lowest BCUT2D eigenvalue weighted by Crippen LogP contribution is -2.09. The van der Waals surface area contributed by atoms with Crippen LogP contribution < -0.4 is 4.90 Å². The molecule has 0 saturated carbocycles. The molecule has 4 nitrogen and oxygen atoms in total. The quantitative estimate of drug-likeness (QED) is 0.185. The molecule has 7 aromatic carbocycles. The molecular weight excluding hydrogens is 656 g/mol. The number of hydrogen-bond acceptors (Lipinski definition) is 4. The van der Waals surface area contributed by atoms with Crippen LogP contribution in [0.1, 0.15) is 0 Å². The Hall–Kier alpha value is -6.01. The molecule has 0 spiro atoms. The van der Waals surface area contributed by atoms with E-state index in [4.69, 9.17) is 20.4 Å². The van der Waals surface area contributed by atoms with Crippen molar-refractivity contribution in [1.82, 2.24) is 4.57 Å². The fourth-order valence-electron chi connectivity index (χ4n) is 7.67. The maximum absolute atomic E-state index is 6.43. The predicted octanol–water partition coefficient (Wildman–Crippen LogP) is 13.9. The summed E-state index contributed by atoms with van der Waals surface area (Å²) in [4.78, 5) is 3.26. The standard InChI is InChI=1S/C44H25ClN2O2S/c45-26-14-20-41-36(22-26)43-33-18-15-30(25-42(33)50-44(43)49-41)46(29-17-21-40-35(24-29)32-11-5-7-13-39(32)48-40)28-16-19-38-34(23-28)31-10-4-6-12-37(31)47(38)27-8-2-1-3-9-27/h1-25H. The zero-order valence-electron chi connectivity index (χ0n) is 26.4. The zero-order chi connectivity index (χ0) is 32.9. The van der Waals surface area contributed by atoms with E-state index in [9.17, 15) is 0 Å². The van der Waals surface area contributed by atoms with E-state index in [1.807, 2.05) is 30.3 Å². The van der Waals surface area contributed by atoms with Gasteiger partial charge < -0.3 is 18.3 Å². The molecule has 0 aliphatic heterocycles. The molecule has 0 N–H and O–H groups in total. The van der Waals surface area contributed by atoms with Crippen molar-refractivity contribution in [3.63, 3.8) is 0 Å². The third-order valence-electron chi connectivity index (χ3n) is 9.86. The van der Waals surface area contributed by atoms with Crippen molar-refractivity contribution in [2.75, 3.05) is 4.90 Å². The van der Waals surface area contributed by atoms with Gasteiger partial charge in [0.2, 0.25) is 0 Å². The number of nitrogens with zero attached hydrogens (tertiary/aromatic N) is 2. The number of rotatable bonds is 4. The Bertz CT molecular complexity index is 3130. The van der Waals surface area contributed by atoms with Crippen molar-refractivity contribution in [1.29, 1.82) is 0 Å². The van der Waals surface area contributed by atoms with Gasteiger partial charge in [-0.05, 0) is 91.0 Å². The first-order chi connectivity index (χ1) is 24.7. The van der Waals surface area contributed by atoms with E-state index in [0.29, 0.717) is 5.02 Å². The van der Waals surface area contributed by atoms with Gasteiger partial charge in [0.15, 0.2) is 4.90 Å². The average molecular weight is 681 g/mol. The number of fused-ring (bicyclic) bond motifs is 11. The molecule has 0 saturated heterocycles. The molecule has 0 amide bonds. The number of anilines is 3. The minimum Gasteiger partial charge on any atom is -0.456 e. The second kappa shape index (κ2) is 10.5. The van der Waals surface area contributed by atoms with Crippen LogP contribution in [-0.2, 0) is 0 Å². The lowest BCUT2D eigenvalue weighted by Gasteiger charge is -2.26. The van der Waals surface area contributed by atoms with Gasteiger partial charge in [0, 0.05) is 70.2 Å². The van der Waals surface area contributed by atoms with Crippen LogP contribution >= 0.6 is 22.9 Å². The summed E-state index contributed by atoms with van der Waals surface area (Å²) >= 11 is 8.10. The van der Waals surface area contributed by atoms with Crippen LogP contribution in [0.15, 0.2) is 160 Å². The molecule has 0 atom stereocenters. The van der Waals surface area contributed by atoms with E-state index in [-0.39, 0.29) is 0 Å². The van der Waals surface area contributed by atoms with E-state index in [2.05, 4.69) is 131 Å². The summed E-state index contributed by atoms with van der Waals surface area (Å²) in [5, 5.41) is 8.61. The Morgan fingerprint density at radius 3 is 2.04 bits per heavy atom. The smallest absolute Gasteiger partial charge is 0.190 e. The van der Waals surface area contributed by atoms with Crippen LogP contribution in [0.4, 0.5) is 17.1 Å². The van der Waals surface area contributed by atoms with Gasteiger partial charge in [0.25, 0.3) is 0 Å². The fourth-order valence-corrected chi connectivity index (χ4v) is 8.96. The minimum absolute atomic E-state index is 0.702. The van der Waals surface area contributed by atoms with Crippen molar-refractivity contribution < 1.29 is 8.83 Å². The first-order valence-electron chi connectivity index (χ1n) is 16.5. The van der Waals surface area contributed by atoms with E-state index >= 15 is 0 Å². The van der Waals surface area contributed by atoms with Crippen molar-refractivity contribution in [2.45, 2.75) is 0 Å². The van der Waals surface area contributed by atoms with Gasteiger partial charge in [-0.15, -0.1) is 0 Å². The van der Waals surface area contributed by atoms with Gasteiger partial charge >= 0.3 is 0 Å². The molecule has 11 rings (SSSR count). The first kappa shape index (κ1) is 27.9. The van der Waals surface area contributed by atoms with E-state index in [1.54, 1.807) is 11.3 Å². The third kappa shape index (κ3) is 4.05. The van der Waals surface area contributed by atoms with E-state index < -0.39 is 0 Å². The average Bonchev–Trinajstić information content (AvgIpc) is 3.89. The molecule has 0 aliphatic rings. The zero-order valence-corrected chi connectivity index (χ0v) is 28.0. The van der Waals surface area contributed by atoms with Crippen LogP contribution in [0, 0.1) is 0 Å². The highest BCUT2D eigenvalue weighted by Crippen LogP contribution is 2.46. The van der Waals surface area contributed by atoms with E-state index in [0.717, 1.165) is 81.5 Å². The summed E-state index contributed by atoms with van der Waals surface area (Å²) in [6.07, 6.45) is 0. The summed E-state index contributed by atoms with van der Waals surface area (Å²) in [6.45, 7) is 0. The second-order valence-electron chi connectivity index (χ2n) is 12.7. The van der Waals surface area contributed by atoms with Gasteiger partial charge in [-0.2, -0.15) is 0 Å². The predicted molar refractivity (Wildman–Crippen MR) is 210 cm³/mol. The molecule has 236 valence electrons. The van der Waals surface area contributed by atoms with Crippen molar-refractivity contribution >= 4 is 115 Å². The minimum atomic E-state index is 0.702. The van der Waals surface area contributed by atoms with Gasteiger partial charge in [-0.25, -0.2) is 0 Å². The number of thiophene rings is 1. The Labute approximate surface area is 294 Å². The number of hydrogen-bond donors (Lipinski definition) is 0.